The molecule has 0 saturated heterocycles. The van der Waals surface area contributed by atoms with Crippen molar-refractivity contribution in [1.29, 1.82) is 0 Å². The standard InChI is InChI=1S/C12H13NO2S/c1-9(14)13-10-5-2-3-6-11(10)16-8-4-7-12(13)15/h2-3,5-6H,4,7-8H2,1H3. The van der Waals surface area contributed by atoms with Gasteiger partial charge in [0, 0.05) is 18.2 Å². The second-order valence-corrected chi connectivity index (χ2v) is 4.80. The van der Waals surface area contributed by atoms with Gasteiger partial charge in [-0.3, -0.25) is 9.59 Å². The van der Waals surface area contributed by atoms with Crippen molar-refractivity contribution in [2.75, 3.05) is 10.7 Å². The monoisotopic (exact) mass is 235 g/mol. The van der Waals surface area contributed by atoms with Crippen LogP contribution >= 0.6 is 11.8 Å². The van der Waals surface area contributed by atoms with Crippen LogP contribution in [-0.4, -0.2) is 17.6 Å². The maximum atomic E-state index is 11.9. The van der Waals surface area contributed by atoms with Gasteiger partial charge in [-0.05, 0) is 24.3 Å². The van der Waals surface area contributed by atoms with E-state index in [1.165, 1.54) is 11.8 Å². The van der Waals surface area contributed by atoms with Gasteiger partial charge in [0.05, 0.1) is 5.69 Å². The Kier molecular flexibility index (Phi) is 3.29. The summed E-state index contributed by atoms with van der Waals surface area (Å²) in [5.41, 5.74) is 0.727. The zero-order valence-electron chi connectivity index (χ0n) is 9.10. The Morgan fingerprint density at radius 2 is 2.12 bits per heavy atom. The molecule has 1 heterocycles. The fourth-order valence-corrected chi connectivity index (χ4v) is 2.75. The summed E-state index contributed by atoms with van der Waals surface area (Å²) in [5, 5.41) is 0. The third-order valence-electron chi connectivity index (χ3n) is 2.46. The Morgan fingerprint density at radius 1 is 1.38 bits per heavy atom. The Bertz CT molecular complexity index is 431. The lowest BCUT2D eigenvalue weighted by atomic mass is 10.2. The van der Waals surface area contributed by atoms with E-state index in [0.29, 0.717) is 6.42 Å². The van der Waals surface area contributed by atoms with E-state index >= 15 is 0 Å². The molecule has 1 aliphatic heterocycles. The minimum atomic E-state index is -0.208. The summed E-state index contributed by atoms with van der Waals surface area (Å²) in [4.78, 5) is 25.7. The number of thioether (sulfide) groups is 1. The lowest BCUT2D eigenvalue weighted by Gasteiger charge is -2.24. The van der Waals surface area contributed by atoms with Gasteiger partial charge in [-0.1, -0.05) is 12.1 Å². The summed E-state index contributed by atoms with van der Waals surface area (Å²) in [6.45, 7) is 1.43. The molecule has 4 heteroatoms. The summed E-state index contributed by atoms with van der Waals surface area (Å²) in [6.07, 6.45) is 1.27. The number of hydrogen-bond acceptors (Lipinski definition) is 3. The van der Waals surface area contributed by atoms with Crippen LogP contribution in [0.3, 0.4) is 0 Å². The summed E-state index contributed by atoms with van der Waals surface area (Å²) in [7, 11) is 0. The van der Waals surface area contributed by atoms with E-state index in [1.54, 1.807) is 11.8 Å². The number of anilines is 1. The van der Waals surface area contributed by atoms with Crippen LogP contribution in [0.5, 0.6) is 0 Å². The average Bonchev–Trinajstić information content (AvgIpc) is 2.23. The van der Waals surface area contributed by atoms with Gasteiger partial charge in [0.25, 0.3) is 0 Å². The first-order chi connectivity index (χ1) is 7.70. The molecule has 0 N–H and O–H groups in total. The van der Waals surface area contributed by atoms with Gasteiger partial charge in [-0.15, -0.1) is 11.8 Å². The van der Waals surface area contributed by atoms with Gasteiger partial charge >= 0.3 is 0 Å². The van der Waals surface area contributed by atoms with Gasteiger partial charge in [-0.2, -0.15) is 0 Å². The van der Waals surface area contributed by atoms with Crippen LogP contribution in [0.1, 0.15) is 19.8 Å². The predicted molar refractivity (Wildman–Crippen MR) is 64.6 cm³/mol. The highest BCUT2D eigenvalue weighted by Gasteiger charge is 2.23. The van der Waals surface area contributed by atoms with Gasteiger partial charge in [0.2, 0.25) is 11.8 Å². The zero-order chi connectivity index (χ0) is 11.5. The number of hydrogen-bond donors (Lipinski definition) is 0. The number of carbonyl (C=O) groups is 2. The van der Waals surface area contributed by atoms with E-state index in [4.69, 9.17) is 0 Å². The molecule has 0 radical (unpaired) electrons. The summed E-state index contributed by atoms with van der Waals surface area (Å²) in [5.74, 6) is 0.620. The molecular formula is C12H13NO2S. The molecule has 16 heavy (non-hydrogen) atoms. The van der Waals surface area contributed by atoms with Crippen molar-refractivity contribution in [2.24, 2.45) is 0 Å². The number of benzene rings is 1. The summed E-state index contributed by atoms with van der Waals surface area (Å²) >= 11 is 1.70. The zero-order valence-corrected chi connectivity index (χ0v) is 9.92. The van der Waals surface area contributed by atoms with Crippen molar-refractivity contribution in [3.05, 3.63) is 24.3 Å². The van der Waals surface area contributed by atoms with Crippen molar-refractivity contribution in [3.8, 4) is 0 Å². The molecule has 1 aliphatic rings. The third kappa shape index (κ3) is 2.11. The first kappa shape index (κ1) is 11.2. The lowest BCUT2D eigenvalue weighted by molar-refractivity contribution is -0.125. The van der Waals surface area contributed by atoms with Gasteiger partial charge in [-0.25, -0.2) is 4.90 Å². The fourth-order valence-electron chi connectivity index (χ4n) is 1.76. The number of nitrogens with zero attached hydrogens (tertiary/aromatic N) is 1. The number of fused-ring (bicyclic) bond motifs is 1. The van der Waals surface area contributed by atoms with Crippen LogP contribution < -0.4 is 4.90 Å². The Labute approximate surface area is 98.8 Å². The normalized spacial score (nSPS) is 16.3. The predicted octanol–water partition coefficient (Wildman–Crippen LogP) is 2.45. The lowest BCUT2D eigenvalue weighted by Crippen LogP contribution is -2.36. The van der Waals surface area contributed by atoms with Gasteiger partial charge in [0.15, 0.2) is 0 Å². The van der Waals surface area contributed by atoms with Crippen LogP contribution in [0.15, 0.2) is 29.2 Å². The minimum absolute atomic E-state index is 0.0970. The highest BCUT2D eigenvalue weighted by molar-refractivity contribution is 7.99. The SMILES string of the molecule is CC(=O)N1C(=O)CCCSc2ccccc21. The van der Waals surface area contributed by atoms with Crippen molar-refractivity contribution >= 4 is 29.3 Å². The van der Waals surface area contributed by atoms with E-state index in [2.05, 4.69) is 0 Å². The molecule has 1 aromatic carbocycles. The molecule has 0 fully saturated rings. The van der Waals surface area contributed by atoms with Crippen molar-refractivity contribution in [1.82, 2.24) is 0 Å². The first-order valence-electron chi connectivity index (χ1n) is 5.25. The topological polar surface area (TPSA) is 37.4 Å². The van der Waals surface area contributed by atoms with E-state index in [0.717, 1.165) is 22.8 Å². The number of amides is 2. The highest BCUT2D eigenvalue weighted by Crippen LogP contribution is 2.33. The minimum Gasteiger partial charge on any atom is -0.274 e. The van der Waals surface area contributed by atoms with Crippen LogP contribution in [0.4, 0.5) is 5.69 Å². The van der Waals surface area contributed by atoms with E-state index in [9.17, 15) is 9.59 Å². The molecule has 0 aliphatic carbocycles. The second-order valence-electron chi connectivity index (χ2n) is 3.67. The largest absolute Gasteiger partial charge is 0.274 e. The van der Waals surface area contributed by atoms with Gasteiger partial charge < -0.3 is 0 Å². The fraction of sp³-hybridized carbons (Fsp3) is 0.333. The van der Waals surface area contributed by atoms with Gasteiger partial charge in [0.1, 0.15) is 0 Å². The van der Waals surface area contributed by atoms with Crippen molar-refractivity contribution in [3.63, 3.8) is 0 Å². The number of imide groups is 1. The smallest absolute Gasteiger partial charge is 0.233 e. The van der Waals surface area contributed by atoms with Crippen molar-refractivity contribution < 1.29 is 9.59 Å². The number of carbonyl (C=O) groups excluding carboxylic acids is 2. The molecule has 0 atom stereocenters. The summed E-state index contributed by atoms with van der Waals surface area (Å²) < 4.78 is 0. The van der Waals surface area contributed by atoms with Crippen molar-refractivity contribution in [2.45, 2.75) is 24.7 Å². The molecule has 2 rings (SSSR count). The number of para-hydroxylation sites is 1. The molecule has 2 amide bonds. The molecule has 84 valence electrons. The van der Waals surface area contributed by atoms with Crippen LogP contribution in [0.2, 0.25) is 0 Å². The van der Waals surface area contributed by atoms with E-state index in [-0.39, 0.29) is 11.8 Å². The highest BCUT2D eigenvalue weighted by atomic mass is 32.2. The van der Waals surface area contributed by atoms with Crippen LogP contribution in [0, 0.1) is 0 Å². The Hall–Kier alpha value is -1.29. The average molecular weight is 235 g/mol. The molecule has 0 bridgehead atoms. The summed E-state index contributed by atoms with van der Waals surface area (Å²) in [6, 6.07) is 7.56. The molecule has 1 aromatic rings. The molecular weight excluding hydrogens is 222 g/mol. The molecule has 0 spiro atoms. The maximum Gasteiger partial charge on any atom is 0.233 e. The van der Waals surface area contributed by atoms with E-state index in [1.807, 2.05) is 24.3 Å². The molecule has 0 unspecified atom stereocenters. The van der Waals surface area contributed by atoms with E-state index < -0.39 is 0 Å². The Balaban J connectivity index is 2.48. The first-order valence-corrected chi connectivity index (χ1v) is 6.24. The van der Waals surface area contributed by atoms with Crippen LogP contribution in [0.25, 0.3) is 0 Å². The second kappa shape index (κ2) is 4.70. The number of rotatable bonds is 0. The maximum absolute atomic E-state index is 11.9. The van der Waals surface area contributed by atoms with Crippen LogP contribution in [-0.2, 0) is 9.59 Å². The Morgan fingerprint density at radius 3 is 2.88 bits per heavy atom. The molecule has 0 aromatic heterocycles. The quantitative estimate of drug-likeness (QED) is 0.693. The third-order valence-corrected chi connectivity index (χ3v) is 3.61. The molecule has 0 saturated carbocycles. The molecule has 3 nitrogen and oxygen atoms in total.